The molecule has 190 valence electrons. The molecular weight excluding hydrogens is 464 g/mol. The second kappa shape index (κ2) is 9.85. The van der Waals surface area contributed by atoms with Crippen molar-refractivity contribution >= 4 is 16.1 Å². The van der Waals surface area contributed by atoms with Crippen molar-refractivity contribution < 1.29 is 17.9 Å². The molecule has 2 aromatic rings. The van der Waals surface area contributed by atoms with Gasteiger partial charge in [-0.05, 0) is 75.8 Å². The first-order valence-electron chi connectivity index (χ1n) is 12.4. The van der Waals surface area contributed by atoms with Crippen molar-refractivity contribution in [1.82, 2.24) is 19.6 Å². The Balaban J connectivity index is 1.76. The minimum atomic E-state index is -3.36. The van der Waals surface area contributed by atoms with Crippen LogP contribution in [0.3, 0.4) is 0 Å². The number of aromatic nitrogens is 2. The molecule has 2 aliphatic rings. The first kappa shape index (κ1) is 25.6. The van der Waals surface area contributed by atoms with Crippen LogP contribution in [0.2, 0.25) is 0 Å². The molecule has 0 spiro atoms. The van der Waals surface area contributed by atoms with E-state index in [1.165, 1.54) is 0 Å². The summed E-state index contributed by atoms with van der Waals surface area (Å²) in [6.45, 7) is 8.11. The second-order valence-electron chi connectivity index (χ2n) is 10.6. The highest BCUT2D eigenvalue weighted by Gasteiger charge is 2.53. The van der Waals surface area contributed by atoms with Crippen LogP contribution in [0.25, 0.3) is 0 Å². The number of pyridine rings is 2. The number of hydrogen-bond donors (Lipinski definition) is 1. The smallest absolute Gasteiger partial charge is 0.410 e. The summed E-state index contributed by atoms with van der Waals surface area (Å²) in [5.74, 6) is 0.0791. The fraction of sp³-hybridized carbons (Fsp3) is 0.577. The van der Waals surface area contributed by atoms with Crippen molar-refractivity contribution in [2.45, 2.75) is 83.4 Å². The number of fused-ring (bicyclic) bond motifs is 1. The summed E-state index contributed by atoms with van der Waals surface area (Å²) in [7, 11) is -3.36. The van der Waals surface area contributed by atoms with Gasteiger partial charge in [-0.15, -0.1) is 0 Å². The monoisotopic (exact) mass is 500 g/mol. The van der Waals surface area contributed by atoms with E-state index in [0.29, 0.717) is 25.1 Å². The molecule has 1 aliphatic carbocycles. The van der Waals surface area contributed by atoms with E-state index in [9.17, 15) is 13.2 Å². The minimum absolute atomic E-state index is 0.0791. The molecule has 0 radical (unpaired) electrons. The lowest BCUT2D eigenvalue weighted by atomic mass is 9.59. The zero-order chi connectivity index (χ0) is 25.3. The summed E-state index contributed by atoms with van der Waals surface area (Å²) in [5.41, 5.74) is 2.76. The van der Waals surface area contributed by atoms with Gasteiger partial charge in [0.1, 0.15) is 5.60 Å². The van der Waals surface area contributed by atoms with E-state index >= 15 is 0 Å². The Bertz CT molecular complexity index is 1160. The molecule has 3 heterocycles. The van der Waals surface area contributed by atoms with Crippen molar-refractivity contribution in [3.05, 3.63) is 59.2 Å². The Morgan fingerprint density at radius 2 is 2.03 bits per heavy atom. The lowest BCUT2D eigenvalue weighted by Gasteiger charge is -2.53. The third-order valence-electron chi connectivity index (χ3n) is 6.83. The number of nitrogens with zero attached hydrogens (tertiary/aromatic N) is 3. The van der Waals surface area contributed by atoms with Gasteiger partial charge in [-0.25, -0.2) is 17.9 Å². The van der Waals surface area contributed by atoms with Gasteiger partial charge in [0.15, 0.2) is 0 Å². The molecule has 1 saturated carbocycles. The van der Waals surface area contributed by atoms with Gasteiger partial charge in [-0.1, -0.05) is 19.4 Å². The summed E-state index contributed by atoms with van der Waals surface area (Å²) in [4.78, 5) is 24.6. The highest BCUT2D eigenvalue weighted by Crippen LogP contribution is 2.55. The molecule has 0 bridgehead atoms. The maximum absolute atomic E-state index is 13.4. The number of carbonyl (C=O) groups excluding carboxylic acids is 1. The summed E-state index contributed by atoms with van der Waals surface area (Å²) >= 11 is 0. The first-order valence-corrected chi connectivity index (χ1v) is 14.1. The maximum Gasteiger partial charge on any atom is 0.410 e. The molecule has 0 aromatic carbocycles. The predicted molar refractivity (Wildman–Crippen MR) is 134 cm³/mol. The molecule has 1 fully saturated rings. The van der Waals surface area contributed by atoms with Crippen LogP contribution in [0.1, 0.15) is 81.9 Å². The van der Waals surface area contributed by atoms with Gasteiger partial charge in [-0.3, -0.25) is 14.9 Å². The van der Waals surface area contributed by atoms with Gasteiger partial charge in [0.05, 0.1) is 24.0 Å². The summed E-state index contributed by atoms with van der Waals surface area (Å²) in [5, 5.41) is 0. The fourth-order valence-electron chi connectivity index (χ4n) is 5.17. The lowest BCUT2D eigenvalue weighted by Crippen LogP contribution is -2.54. The lowest BCUT2D eigenvalue weighted by molar-refractivity contribution is -0.00896. The van der Waals surface area contributed by atoms with Crippen LogP contribution >= 0.6 is 0 Å². The standard InChI is InChI=1S/C26H36N4O4S/c1-5-15-35(32,33)29-18-20-16-21-19(17-28-20)10-14-30(24(31)34-25(2,3)4)23(21)26(11-8-12-26)22-9-6-7-13-27-22/h6-7,9,13,16-17,23,29H,5,8,10-12,14-15,18H2,1-4H3. The number of amides is 1. The highest BCUT2D eigenvalue weighted by molar-refractivity contribution is 7.89. The van der Waals surface area contributed by atoms with Crippen LogP contribution in [0.5, 0.6) is 0 Å². The minimum Gasteiger partial charge on any atom is -0.444 e. The Labute approximate surface area is 208 Å². The number of carbonyl (C=O) groups is 1. The van der Waals surface area contributed by atoms with E-state index in [0.717, 1.165) is 36.1 Å². The summed E-state index contributed by atoms with van der Waals surface area (Å²) in [6.07, 6.45) is 7.39. The average molecular weight is 501 g/mol. The topological polar surface area (TPSA) is 101 Å². The van der Waals surface area contributed by atoms with Crippen molar-refractivity contribution in [2.24, 2.45) is 0 Å². The molecule has 1 aliphatic heterocycles. The SMILES string of the molecule is CCCS(=O)(=O)NCc1cc2c(cn1)CCN(C(=O)OC(C)(C)C)C2C1(c2ccccn2)CCC1. The van der Waals surface area contributed by atoms with Crippen molar-refractivity contribution in [3.63, 3.8) is 0 Å². The Hall–Kier alpha value is -2.52. The summed E-state index contributed by atoms with van der Waals surface area (Å²) in [6, 6.07) is 7.64. The van der Waals surface area contributed by atoms with E-state index in [1.54, 1.807) is 6.20 Å². The molecule has 4 rings (SSSR count). The van der Waals surface area contributed by atoms with Crippen molar-refractivity contribution in [1.29, 1.82) is 0 Å². The van der Waals surface area contributed by atoms with Gasteiger partial charge in [0, 0.05) is 30.0 Å². The molecular formula is C26H36N4O4S. The van der Waals surface area contributed by atoms with Gasteiger partial charge in [0.25, 0.3) is 0 Å². The van der Waals surface area contributed by atoms with Gasteiger partial charge in [0.2, 0.25) is 10.0 Å². The van der Waals surface area contributed by atoms with Crippen LogP contribution in [0, 0.1) is 0 Å². The van der Waals surface area contributed by atoms with Gasteiger partial charge < -0.3 is 4.74 Å². The molecule has 1 atom stereocenters. The fourth-order valence-corrected chi connectivity index (χ4v) is 6.22. The number of hydrogen-bond acceptors (Lipinski definition) is 6. The number of nitrogens with one attached hydrogen (secondary N) is 1. The molecule has 1 N–H and O–H groups in total. The summed E-state index contributed by atoms with van der Waals surface area (Å²) < 4.78 is 32.9. The van der Waals surface area contributed by atoms with Crippen molar-refractivity contribution in [3.8, 4) is 0 Å². The maximum atomic E-state index is 13.4. The molecule has 1 unspecified atom stereocenters. The first-order chi connectivity index (χ1) is 16.5. The van der Waals surface area contributed by atoms with Crippen LogP contribution in [-0.2, 0) is 33.1 Å². The quantitative estimate of drug-likeness (QED) is 0.609. The van der Waals surface area contributed by atoms with Crippen molar-refractivity contribution in [2.75, 3.05) is 12.3 Å². The van der Waals surface area contributed by atoms with Crippen LogP contribution in [0.15, 0.2) is 36.7 Å². The highest BCUT2D eigenvalue weighted by atomic mass is 32.2. The van der Waals surface area contributed by atoms with Gasteiger partial charge >= 0.3 is 6.09 Å². The number of sulfonamides is 1. The Morgan fingerprint density at radius 1 is 1.26 bits per heavy atom. The normalized spacial score (nSPS) is 19.5. The molecule has 8 nitrogen and oxygen atoms in total. The molecule has 0 saturated heterocycles. The van der Waals surface area contributed by atoms with E-state index < -0.39 is 15.6 Å². The van der Waals surface area contributed by atoms with E-state index in [1.807, 2.05) is 63.1 Å². The third-order valence-corrected chi connectivity index (χ3v) is 8.36. The van der Waals surface area contributed by atoms with Crippen LogP contribution < -0.4 is 4.72 Å². The molecule has 1 amide bonds. The third kappa shape index (κ3) is 5.51. The second-order valence-corrected chi connectivity index (χ2v) is 12.5. The molecule has 2 aromatic heterocycles. The molecule has 9 heteroatoms. The van der Waals surface area contributed by atoms with E-state index in [2.05, 4.69) is 9.71 Å². The predicted octanol–water partition coefficient (Wildman–Crippen LogP) is 4.26. The van der Waals surface area contributed by atoms with E-state index in [-0.39, 0.29) is 29.8 Å². The Kier molecular flexibility index (Phi) is 7.20. The zero-order valence-electron chi connectivity index (χ0n) is 21.1. The largest absolute Gasteiger partial charge is 0.444 e. The number of rotatable bonds is 7. The van der Waals surface area contributed by atoms with Crippen LogP contribution in [-0.4, -0.2) is 47.3 Å². The van der Waals surface area contributed by atoms with E-state index in [4.69, 9.17) is 9.72 Å². The van der Waals surface area contributed by atoms with Gasteiger partial charge in [-0.2, -0.15) is 0 Å². The Morgan fingerprint density at radius 3 is 2.63 bits per heavy atom. The number of ether oxygens (including phenoxy) is 1. The molecule has 35 heavy (non-hydrogen) atoms. The van der Waals surface area contributed by atoms with Crippen LogP contribution in [0.4, 0.5) is 4.79 Å². The zero-order valence-corrected chi connectivity index (χ0v) is 21.9. The average Bonchev–Trinajstić information content (AvgIpc) is 2.76.